The Hall–Kier alpha value is -0.650. The van der Waals surface area contributed by atoms with Crippen LogP contribution in [0.25, 0.3) is 0 Å². The third kappa shape index (κ3) is 5.48. The second kappa shape index (κ2) is 7.63. The Bertz CT molecular complexity index is 228. The van der Waals surface area contributed by atoms with E-state index >= 15 is 0 Å². The van der Waals surface area contributed by atoms with Gasteiger partial charge in [-0.2, -0.15) is 0 Å². The van der Waals surface area contributed by atoms with Gasteiger partial charge in [-0.3, -0.25) is 4.79 Å². The van der Waals surface area contributed by atoms with Crippen LogP contribution in [-0.4, -0.2) is 59.9 Å². The minimum absolute atomic E-state index is 0.225. The molecule has 5 heteroatoms. The fourth-order valence-corrected chi connectivity index (χ4v) is 1.42. The van der Waals surface area contributed by atoms with Gasteiger partial charge in [-0.15, -0.1) is 0 Å². The number of rotatable bonds is 8. The summed E-state index contributed by atoms with van der Waals surface area (Å²) in [5, 5.41) is 21.5. The van der Waals surface area contributed by atoms with Gasteiger partial charge < -0.3 is 20.4 Å². The summed E-state index contributed by atoms with van der Waals surface area (Å²) < 4.78 is 0. The zero-order valence-corrected chi connectivity index (χ0v) is 11.4. The van der Waals surface area contributed by atoms with E-state index in [1.807, 2.05) is 0 Å². The third-order valence-electron chi connectivity index (χ3n) is 3.02. The van der Waals surface area contributed by atoms with Gasteiger partial charge in [0.05, 0.1) is 6.61 Å². The van der Waals surface area contributed by atoms with Crippen molar-refractivity contribution in [3.05, 3.63) is 0 Å². The first-order chi connectivity index (χ1) is 7.88. The minimum Gasteiger partial charge on any atom is -0.396 e. The van der Waals surface area contributed by atoms with Gasteiger partial charge in [0.15, 0.2) is 0 Å². The lowest BCUT2D eigenvalue weighted by Crippen LogP contribution is -2.47. The quantitative estimate of drug-likeness (QED) is 0.556. The van der Waals surface area contributed by atoms with E-state index in [-0.39, 0.29) is 6.61 Å². The molecule has 1 atom stereocenters. The molecule has 0 aromatic rings. The average molecular weight is 246 g/mol. The lowest BCUT2D eigenvalue weighted by molar-refractivity contribution is -0.137. The topological polar surface area (TPSA) is 72.8 Å². The van der Waals surface area contributed by atoms with Gasteiger partial charge in [0.1, 0.15) is 6.10 Å². The molecule has 0 radical (unpaired) electrons. The number of carbonyl (C=O) groups is 1. The summed E-state index contributed by atoms with van der Waals surface area (Å²) in [7, 11) is 0. The molecular weight excluding hydrogens is 220 g/mol. The molecule has 0 aromatic heterocycles. The van der Waals surface area contributed by atoms with Crippen LogP contribution in [0.15, 0.2) is 0 Å². The van der Waals surface area contributed by atoms with Gasteiger partial charge in [-0.05, 0) is 13.1 Å². The normalized spacial score (nSPS) is 13.8. The highest BCUT2D eigenvalue weighted by atomic mass is 16.3. The van der Waals surface area contributed by atoms with Gasteiger partial charge in [0.25, 0.3) is 0 Å². The molecule has 17 heavy (non-hydrogen) atoms. The Morgan fingerprint density at radius 1 is 1.35 bits per heavy atom. The molecular formula is C12H26N2O3. The fraction of sp³-hybridized carbons (Fsp3) is 0.917. The summed E-state index contributed by atoms with van der Waals surface area (Å²) in [6.07, 6.45) is -1.18. The van der Waals surface area contributed by atoms with E-state index in [1.165, 1.54) is 0 Å². The summed E-state index contributed by atoms with van der Waals surface area (Å²) in [6, 6.07) is 0. The van der Waals surface area contributed by atoms with Crippen molar-refractivity contribution in [2.24, 2.45) is 5.41 Å². The highest BCUT2D eigenvalue weighted by molar-refractivity contribution is 5.81. The lowest BCUT2D eigenvalue weighted by atomic mass is 9.87. The van der Waals surface area contributed by atoms with Crippen molar-refractivity contribution >= 4 is 5.91 Å². The van der Waals surface area contributed by atoms with Gasteiger partial charge in [-0.1, -0.05) is 27.7 Å². The number of hydrogen-bond donors (Lipinski definition) is 3. The van der Waals surface area contributed by atoms with Crippen LogP contribution >= 0.6 is 0 Å². The number of carbonyl (C=O) groups excluding carboxylic acids is 1. The molecule has 0 bridgehead atoms. The smallest absolute Gasteiger partial charge is 0.249 e. The second-order valence-corrected chi connectivity index (χ2v) is 4.87. The van der Waals surface area contributed by atoms with E-state index in [0.717, 1.165) is 19.6 Å². The van der Waals surface area contributed by atoms with Crippen molar-refractivity contribution in [2.75, 3.05) is 32.8 Å². The summed E-state index contributed by atoms with van der Waals surface area (Å²) in [4.78, 5) is 13.8. The third-order valence-corrected chi connectivity index (χ3v) is 3.02. The number of aliphatic hydroxyl groups is 2. The number of likely N-dealkylation sites (N-methyl/N-ethyl adjacent to an activating group) is 1. The van der Waals surface area contributed by atoms with Crippen LogP contribution in [0, 0.1) is 5.41 Å². The maximum atomic E-state index is 11.6. The Labute approximate surface area is 104 Å². The van der Waals surface area contributed by atoms with Crippen LogP contribution in [0.1, 0.15) is 27.7 Å². The van der Waals surface area contributed by atoms with Crippen LogP contribution in [0.3, 0.4) is 0 Å². The molecule has 0 spiro atoms. The molecule has 0 saturated carbocycles. The molecule has 0 aliphatic carbocycles. The van der Waals surface area contributed by atoms with Crippen LogP contribution in [0.2, 0.25) is 0 Å². The first kappa shape index (κ1) is 16.4. The van der Waals surface area contributed by atoms with Crippen LogP contribution in [-0.2, 0) is 4.79 Å². The van der Waals surface area contributed by atoms with Crippen molar-refractivity contribution in [2.45, 2.75) is 33.8 Å². The SMILES string of the molecule is CCN(CC)CCNC(=O)C(O)C(C)(C)CO. The number of aliphatic hydroxyl groups excluding tert-OH is 2. The largest absolute Gasteiger partial charge is 0.396 e. The summed E-state index contributed by atoms with van der Waals surface area (Å²) in [5.74, 6) is -0.420. The van der Waals surface area contributed by atoms with E-state index in [9.17, 15) is 9.90 Å². The van der Waals surface area contributed by atoms with E-state index in [4.69, 9.17) is 5.11 Å². The molecule has 0 heterocycles. The lowest BCUT2D eigenvalue weighted by Gasteiger charge is -2.27. The molecule has 102 valence electrons. The van der Waals surface area contributed by atoms with E-state index in [1.54, 1.807) is 13.8 Å². The molecule has 3 N–H and O–H groups in total. The molecule has 1 unspecified atom stereocenters. The molecule has 0 aliphatic rings. The summed E-state index contributed by atoms with van der Waals surface area (Å²) in [5.41, 5.74) is -0.806. The number of hydrogen-bond acceptors (Lipinski definition) is 4. The van der Waals surface area contributed by atoms with Crippen LogP contribution in [0.5, 0.6) is 0 Å². The van der Waals surface area contributed by atoms with Crippen molar-refractivity contribution < 1.29 is 15.0 Å². The molecule has 0 saturated heterocycles. The maximum Gasteiger partial charge on any atom is 0.249 e. The number of nitrogens with one attached hydrogen (secondary N) is 1. The fourth-order valence-electron chi connectivity index (χ4n) is 1.42. The molecule has 0 aromatic carbocycles. The number of amides is 1. The maximum absolute atomic E-state index is 11.6. The van der Waals surface area contributed by atoms with Crippen LogP contribution in [0.4, 0.5) is 0 Å². The zero-order valence-electron chi connectivity index (χ0n) is 11.4. The van der Waals surface area contributed by atoms with Crippen molar-refractivity contribution in [1.82, 2.24) is 10.2 Å². The van der Waals surface area contributed by atoms with Crippen molar-refractivity contribution in [3.8, 4) is 0 Å². The van der Waals surface area contributed by atoms with Gasteiger partial charge in [0.2, 0.25) is 5.91 Å². The molecule has 5 nitrogen and oxygen atoms in total. The first-order valence-electron chi connectivity index (χ1n) is 6.18. The number of nitrogens with zero attached hydrogens (tertiary/aromatic N) is 1. The molecule has 0 fully saturated rings. The van der Waals surface area contributed by atoms with Gasteiger partial charge in [-0.25, -0.2) is 0 Å². The second-order valence-electron chi connectivity index (χ2n) is 4.87. The van der Waals surface area contributed by atoms with Crippen molar-refractivity contribution in [3.63, 3.8) is 0 Å². The Balaban J connectivity index is 4.02. The molecule has 1 amide bonds. The van der Waals surface area contributed by atoms with Crippen LogP contribution < -0.4 is 5.32 Å². The predicted octanol–water partition coefficient (Wildman–Crippen LogP) is -0.176. The van der Waals surface area contributed by atoms with E-state index in [2.05, 4.69) is 24.1 Å². The Kier molecular flexibility index (Phi) is 7.34. The molecule has 0 aliphatic heterocycles. The standard InChI is InChI=1S/C12H26N2O3/c1-5-14(6-2)8-7-13-11(17)10(16)12(3,4)9-15/h10,15-16H,5-9H2,1-4H3,(H,13,17). The monoisotopic (exact) mass is 246 g/mol. The predicted molar refractivity (Wildman–Crippen MR) is 67.7 cm³/mol. The average Bonchev–Trinajstić information content (AvgIpc) is 2.33. The highest BCUT2D eigenvalue weighted by Crippen LogP contribution is 2.19. The minimum atomic E-state index is -1.18. The zero-order chi connectivity index (χ0) is 13.5. The Morgan fingerprint density at radius 2 is 1.88 bits per heavy atom. The Morgan fingerprint density at radius 3 is 2.29 bits per heavy atom. The van der Waals surface area contributed by atoms with Gasteiger partial charge in [0, 0.05) is 18.5 Å². The summed E-state index contributed by atoms with van der Waals surface area (Å²) >= 11 is 0. The summed E-state index contributed by atoms with van der Waals surface area (Å²) in [6.45, 7) is 10.4. The first-order valence-corrected chi connectivity index (χ1v) is 6.18. The van der Waals surface area contributed by atoms with Gasteiger partial charge >= 0.3 is 0 Å². The highest BCUT2D eigenvalue weighted by Gasteiger charge is 2.32. The van der Waals surface area contributed by atoms with Crippen molar-refractivity contribution in [1.29, 1.82) is 0 Å². The molecule has 0 rings (SSSR count). The van der Waals surface area contributed by atoms with E-state index in [0.29, 0.717) is 6.54 Å². The van der Waals surface area contributed by atoms with E-state index < -0.39 is 17.4 Å².